The molecule has 1 aromatic heterocycles. The number of rotatable bonds is 6. The average molecular weight is 515 g/mol. The molecule has 1 heterocycles. The van der Waals surface area contributed by atoms with Crippen molar-refractivity contribution in [3.8, 4) is 11.5 Å². The van der Waals surface area contributed by atoms with Gasteiger partial charge in [-0.05, 0) is 72.4 Å². The molecule has 0 spiro atoms. The average Bonchev–Trinajstić information content (AvgIpc) is 2.87. The SMILES string of the molecule is CN(C(=O)O)c1cc(Oc2ccc3c(c2)CC(C(=O)Nc2cc(CN)cc(C(F)(F)F)c2)CC3)ccn1. The monoisotopic (exact) mass is 514 g/mol. The van der Waals surface area contributed by atoms with Gasteiger partial charge in [-0.15, -0.1) is 0 Å². The highest BCUT2D eigenvalue weighted by Crippen LogP contribution is 2.34. The van der Waals surface area contributed by atoms with Crippen LogP contribution >= 0.6 is 0 Å². The van der Waals surface area contributed by atoms with Crippen molar-refractivity contribution in [1.82, 2.24) is 4.98 Å². The Morgan fingerprint density at radius 2 is 1.89 bits per heavy atom. The molecule has 2 amide bonds. The second-order valence-electron chi connectivity index (χ2n) is 8.77. The number of nitrogens with zero attached hydrogens (tertiary/aromatic N) is 2. The van der Waals surface area contributed by atoms with E-state index < -0.39 is 23.8 Å². The van der Waals surface area contributed by atoms with Crippen molar-refractivity contribution in [3.05, 3.63) is 77.0 Å². The van der Waals surface area contributed by atoms with Crippen LogP contribution in [-0.2, 0) is 30.4 Å². The minimum Gasteiger partial charge on any atom is -0.465 e. The molecule has 1 aliphatic carbocycles. The number of halogens is 3. The van der Waals surface area contributed by atoms with Gasteiger partial charge >= 0.3 is 12.3 Å². The number of nitrogens with one attached hydrogen (secondary N) is 1. The molecular weight excluding hydrogens is 489 g/mol. The molecule has 0 saturated heterocycles. The second kappa shape index (κ2) is 10.5. The number of alkyl halides is 3. The molecule has 37 heavy (non-hydrogen) atoms. The van der Waals surface area contributed by atoms with E-state index in [-0.39, 0.29) is 29.5 Å². The van der Waals surface area contributed by atoms with Crippen LogP contribution < -0.4 is 20.7 Å². The van der Waals surface area contributed by atoms with E-state index in [9.17, 15) is 22.8 Å². The number of carbonyl (C=O) groups excluding carboxylic acids is 1. The maximum atomic E-state index is 13.2. The number of aryl methyl sites for hydroxylation is 1. The van der Waals surface area contributed by atoms with Gasteiger partial charge in [0.25, 0.3) is 0 Å². The molecular formula is C26H25F3N4O4. The van der Waals surface area contributed by atoms with Crippen molar-refractivity contribution >= 4 is 23.5 Å². The molecule has 1 unspecified atom stereocenters. The third-order valence-electron chi connectivity index (χ3n) is 6.18. The van der Waals surface area contributed by atoms with Crippen LogP contribution in [0.5, 0.6) is 11.5 Å². The molecule has 0 bridgehead atoms. The molecule has 0 radical (unpaired) electrons. The maximum absolute atomic E-state index is 13.2. The summed E-state index contributed by atoms with van der Waals surface area (Å²) in [5, 5.41) is 11.8. The Hall–Kier alpha value is -4.12. The lowest BCUT2D eigenvalue weighted by Gasteiger charge is -2.25. The van der Waals surface area contributed by atoms with E-state index in [1.54, 1.807) is 12.1 Å². The van der Waals surface area contributed by atoms with Crippen LogP contribution in [0.1, 0.15) is 28.7 Å². The van der Waals surface area contributed by atoms with Crippen molar-refractivity contribution in [1.29, 1.82) is 0 Å². The normalized spacial score (nSPS) is 15.0. The number of nitrogens with two attached hydrogens (primary N) is 1. The lowest BCUT2D eigenvalue weighted by atomic mass is 9.83. The number of carbonyl (C=O) groups is 2. The fraction of sp³-hybridized carbons (Fsp3) is 0.269. The number of hydrogen-bond acceptors (Lipinski definition) is 5. The molecule has 0 fully saturated rings. The van der Waals surface area contributed by atoms with Crippen LogP contribution in [0.3, 0.4) is 0 Å². The molecule has 2 aromatic carbocycles. The van der Waals surface area contributed by atoms with Crippen molar-refractivity contribution in [3.63, 3.8) is 0 Å². The summed E-state index contributed by atoms with van der Waals surface area (Å²) in [7, 11) is 1.37. The number of carboxylic acid groups (broad SMARTS) is 1. The molecule has 3 aromatic rings. The van der Waals surface area contributed by atoms with E-state index in [1.165, 1.54) is 25.4 Å². The van der Waals surface area contributed by atoms with Crippen LogP contribution in [0.25, 0.3) is 0 Å². The summed E-state index contributed by atoms with van der Waals surface area (Å²) in [6.07, 6.45) is -2.70. The summed E-state index contributed by atoms with van der Waals surface area (Å²) in [4.78, 5) is 29.1. The Balaban J connectivity index is 1.48. The predicted molar refractivity (Wildman–Crippen MR) is 131 cm³/mol. The minimum absolute atomic E-state index is 0.0583. The molecule has 4 rings (SSSR count). The molecule has 194 valence electrons. The van der Waals surface area contributed by atoms with E-state index in [2.05, 4.69) is 10.3 Å². The largest absolute Gasteiger partial charge is 0.465 e. The van der Waals surface area contributed by atoms with Crippen molar-refractivity contribution in [2.24, 2.45) is 11.7 Å². The molecule has 1 atom stereocenters. The van der Waals surface area contributed by atoms with Gasteiger partial charge in [-0.3, -0.25) is 9.69 Å². The van der Waals surface area contributed by atoms with E-state index in [4.69, 9.17) is 15.6 Å². The first kappa shape index (κ1) is 26.0. The van der Waals surface area contributed by atoms with Gasteiger partial charge in [0, 0.05) is 37.5 Å². The first-order valence-electron chi connectivity index (χ1n) is 11.5. The van der Waals surface area contributed by atoms with E-state index >= 15 is 0 Å². The van der Waals surface area contributed by atoms with Crippen LogP contribution in [0.15, 0.2) is 54.7 Å². The number of ether oxygens (including phenoxy) is 1. The number of benzene rings is 2. The number of hydrogen-bond donors (Lipinski definition) is 3. The lowest BCUT2D eigenvalue weighted by Crippen LogP contribution is -2.28. The zero-order valence-electron chi connectivity index (χ0n) is 19.9. The van der Waals surface area contributed by atoms with Gasteiger partial charge in [-0.2, -0.15) is 13.2 Å². The van der Waals surface area contributed by atoms with Gasteiger partial charge in [-0.25, -0.2) is 9.78 Å². The zero-order valence-corrected chi connectivity index (χ0v) is 19.9. The summed E-state index contributed by atoms with van der Waals surface area (Å²) in [6.45, 7) is -0.0854. The number of pyridine rings is 1. The molecule has 0 aliphatic heterocycles. The van der Waals surface area contributed by atoms with Gasteiger partial charge in [0.1, 0.15) is 17.3 Å². The standard InChI is InChI=1S/C26H25F3N4O4/c1-33(25(35)36)23-13-22(6-7-31-23)37-21-5-4-16-2-3-17(10-18(16)11-21)24(34)32-20-9-15(14-30)8-19(12-20)26(27,28)29/h4-9,11-13,17H,2-3,10,14,30H2,1H3,(H,32,34)(H,35,36). The van der Waals surface area contributed by atoms with Crippen LogP contribution in [0, 0.1) is 5.92 Å². The summed E-state index contributed by atoms with van der Waals surface area (Å²) < 4.78 is 45.6. The first-order chi connectivity index (χ1) is 17.5. The second-order valence-corrected chi connectivity index (χ2v) is 8.77. The lowest BCUT2D eigenvalue weighted by molar-refractivity contribution is -0.137. The Morgan fingerprint density at radius 1 is 1.14 bits per heavy atom. The van der Waals surface area contributed by atoms with Crippen molar-refractivity contribution in [2.75, 3.05) is 17.3 Å². The van der Waals surface area contributed by atoms with Crippen molar-refractivity contribution in [2.45, 2.75) is 32.0 Å². The highest BCUT2D eigenvalue weighted by molar-refractivity contribution is 5.93. The highest BCUT2D eigenvalue weighted by Gasteiger charge is 2.32. The third kappa shape index (κ3) is 6.18. The fourth-order valence-corrected chi connectivity index (χ4v) is 4.19. The number of fused-ring (bicyclic) bond motifs is 1. The van der Waals surface area contributed by atoms with E-state index in [0.29, 0.717) is 30.8 Å². The van der Waals surface area contributed by atoms with E-state index in [0.717, 1.165) is 28.2 Å². The van der Waals surface area contributed by atoms with Gasteiger partial charge in [0.05, 0.1) is 5.56 Å². The van der Waals surface area contributed by atoms with Crippen LogP contribution in [0.2, 0.25) is 0 Å². The highest BCUT2D eigenvalue weighted by atomic mass is 19.4. The molecule has 8 nitrogen and oxygen atoms in total. The Bertz CT molecular complexity index is 1330. The van der Waals surface area contributed by atoms with Crippen LogP contribution in [0.4, 0.5) is 29.5 Å². The van der Waals surface area contributed by atoms with Gasteiger partial charge in [0.2, 0.25) is 5.91 Å². The molecule has 11 heteroatoms. The maximum Gasteiger partial charge on any atom is 0.416 e. The molecule has 0 saturated carbocycles. The summed E-state index contributed by atoms with van der Waals surface area (Å²) in [5.74, 6) is 0.293. The van der Waals surface area contributed by atoms with E-state index in [1.807, 2.05) is 12.1 Å². The predicted octanol–water partition coefficient (Wildman–Crippen LogP) is 5.21. The Labute approximate surface area is 210 Å². The Kier molecular flexibility index (Phi) is 7.35. The zero-order chi connectivity index (χ0) is 26.7. The summed E-state index contributed by atoms with van der Waals surface area (Å²) in [6, 6.07) is 11.9. The quantitative estimate of drug-likeness (QED) is 0.416. The van der Waals surface area contributed by atoms with Gasteiger partial charge < -0.3 is 20.9 Å². The summed E-state index contributed by atoms with van der Waals surface area (Å²) in [5.41, 5.74) is 6.96. The molecule has 4 N–H and O–H groups in total. The third-order valence-corrected chi connectivity index (χ3v) is 6.18. The number of aromatic nitrogens is 1. The first-order valence-corrected chi connectivity index (χ1v) is 11.5. The smallest absolute Gasteiger partial charge is 0.416 e. The van der Waals surface area contributed by atoms with Crippen LogP contribution in [-0.4, -0.2) is 29.1 Å². The van der Waals surface area contributed by atoms with Crippen molar-refractivity contribution < 1.29 is 32.6 Å². The number of anilines is 2. The summed E-state index contributed by atoms with van der Waals surface area (Å²) >= 11 is 0. The van der Waals surface area contributed by atoms with Gasteiger partial charge in [0.15, 0.2) is 0 Å². The molecule has 1 aliphatic rings. The Morgan fingerprint density at radius 3 is 2.59 bits per heavy atom. The topological polar surface area (TPSA) is 118 Å². The number of amides is 2. The minimum atomic E-state index is -4.55. The van der Waals surface area contributed by atoms with Gasteiger partial charge in [-0.1, -0.05) is 6.07 Å². The fourth-order valence-electron chi connectivity index (χ4n) is 4.19.